The minimum Gasteiger partial charge on any atom is -0.396 e. The molecule has 0 aromatic carbocycles. The zero-order chi connectivity index (χ0) is 13.9. The number of hydrogen-bond acceptors (Lipinski definition) is 6. The van der Waals surface area contributed by atoms with Crippen LogP contribution in [0.5, 0.6) is 0 Å². The SMILES string of the molecule is CN(C)CCN(C)c1sc(C#N)c(N)c1C(N)=O. The van der Waals surface area contributed by atoms with Gasteiger partial charge in [-0.1, -0.05) is 0 Å². The van der Waals surface area contributed by atoms with Gasteiger partial charge in [0, 0.05) is 20.1 Å². The van der Waals surface area contributed by atoms with Crippen LogP contribution in [-0.2, 0) is 0 Å². The summed E-state index contributed by atoms with van der Waals surface area (Å²) in [7, 11) is 5.78. The smallest absolute Gasteiger partial charge is 0.253 e. The predicted octanol–water partition coefficient (Wildman–Crippen LogP) is 0.299. The molecule has 1 heterocycles. The number of primary amides is 1. The third-order valence-corrected chi connectivity index (χ3v) is 3.73. The van der Waals surface area contributed by atoms with Crippen molar-refractivity contribution in [3.63, 3.8) is 0 Å². The molecule has 0 radical (unpaired) electrons. The van der Waals surface area contributed by atoms with Gasteiger partial charge in [0.15, 0.2) is 0 Å². The fourth-order valence-corrected chi connectivity index (χ4v) is 2.48. The van der Waals surface area contributed by atoms with Gasteiger partial charge in [-0.2, -0.15) is 5.26 Å². The molecule has 1 amide bonds. The number of amides is 1. The van der Waals surface area contributed by atoms with Crippen LogP contribution >= 0.6 is 11.3 Å². The summed E-state index contributed by atoms with van der Waals surface area (Å²) in [4.78, 5) is 15.7. The molecular formula is C11H17N5OS. The highest BCUT2D eigenvalue weighted by atomic mass is 32.1. The Morgan fingerprint density at radius 3 is 2.44 bits per heavy atom. The van der Waals surface area contributed by atoms with Crippen molar-refractivity contribution in [1.82, 2.24) is 4.90 Å². The predicted molar refractivity (Wildman–Crippen MR) is 73.8 cm³/mol. The van der Waals surface area contributed by atoms with E-state index in [1.807, 2.05) is 37.0 Å². The topological polar surface area (TPSA) is 99.4 Å². The van der Waals surface area contributed by atoms with Crippen molar-refractivity contribution < 1.29 is 4.79 Å². The number of rotatable bonds is 5. The third-order valence-electron chi connectivity index (χ3n) is 2.50. The maximum Gasteiger partial charge on any atom is 0.253 e. The molecule has 0 aliphatic heterocycles. The van der Waals surface area contributed by atoms with Crippen LogP contribution in [-0.4, -0.2) is 45.0 Å². The van der Waals surface area contributed by atoms with Gasteiger partial charge in [-0.3, -0.25) is 4.79 Å². The van der Waals surface area contributed by atoms with Crippen LogP contribution < -0.4 is 16.4 Å². The van der Waals surface area contributed by atoms with Gasteiger partial charge in [-0.05, 0) is 14.1 Å². The molecule has 1 aromatic heterocycles. The average Bonchev–Trinajstić information content (AvgIpc) is 2.63. The Kier molecular flexibility index (Phi) is 4.53. The van der Waals surface area contributed by atoms with Crippen molar-refractivity contribution in [3.8, 4) is 6.07 Å². The number of nitriles is 1. The second kappa shape index (κ2) is 5.71. The van der Waals surface area contributed by atoms with Crippen molar-refractivity contribution in [2.75, 3.05) is 44.9 Å². The largest absolute Gasteiger partial charge is 0.396 e. The number of carbonyl (C=O) groups is 1. The molecule has 0 atom stereocenters. The number of likely N-dealkylation sites (N-methyl/N-ethyl adjacent to an activating group) is 2. The zero-order valence-electron chi connectivity index (χ0n) is 10.7. The summed E-state index contributed by atoms with van der Waals surface area (Å²) in [6, 6.07) is 1.98. The molecule has 1 rings (SSSR count). The van der Waals surface area contributed by atoms with Crippen molar-refractivity contribution >= 4 is 27.9 Å². The van der Waals surface area contributed by atoms with Gasteiger partial charge in [-0.15, -0.1) is 11.3 Å². The first kappa shape index (κ1) is 14.3. The summed E-state index contributed by atoms with van der Waals surface area (Å²) in [6.07, 6.45) is 0. The number of nitrogens with two attached hydrogens (primary N) is 2. The van der Waals surface area contributed by atoms with Gasteiger partial charge in [0.2, 0.25) is 0 Å². The van der Waals surface area contributed by atoms with Crippen molar-refractivity contribution in [3.05, 3.63) is 10.4 Å². The van der Waals surface area contributed by atoms with Crippen LogP contribution in [0.15, 0.2) is 0 Å². The molecule has 0 saturated carbocycles. The Bertz CT molecular complexity index is 488. The number of thiophene rings is 1. The summed E-state index contributed by atoms with van der Waals surface area (Å²) in [5, 5.41) is 9.59. The summed E-state index contributed by atoms with van der Waals surface area (Å²) in [5.74, 6) is -0.600. The Balaban J connectivity index is 3.08. The van der Waals surface area contributed by atoms with Crippen LogP contribution in [0.4, 0.5) is 10.7 Å². The van der Waals surface area contributed by atoms with Crippen LogP contribution in [0.3, 0.4) is 0 Å². The molecule has 0 fully saturated rings. The fraction of sp³-hybridized carbons (Fsp3) is 0.455. The fourth-order valence-electron chi connectivity index (χ4n) is 1.47. The summed E-state index contributed by atoms with van der Waals surface area (Å²) in [5.41, 5.74) is 11.5. The Hall–Kier alpha value is -1.78. The number of nitrogens with zero attached hydrogens (tertiary/aromatic N) is 3. The highest BCUT2D eigenvalue weighted by Crippen LogP contribution is 2.36. The van der Waals surface area contributed by atoms with Gasteiger partial charge in [0.25, 0.3) is 5.91 Å². The van der Waals surface area contributed by atoms with E-state index >= 15 is 0 Å². The number of anilines is 2. The Morgan fingerprint density at radius 1 is 1.39 bits per heavy atom. The normalized spacial score (nSPS) is 10.4. The minimum absolute atomic E-state index is 0.182. The molecule has 1 aromatic rings. The molecule has 0 bridgehead atoms. The molecule has 7 heteroatoms. The lowest BCUT2D eigenvalue weighted by molar-refractivity contribution is 0.100. The van der Waals surface area contributed by atoms with E-state index in [0.717, 1.165) is 13.1 Å². The lowest BCUT2D eigenvalue weighted by Gasteiger charge is -2.20. The molecule has 0 spiro atoms. The van der Waals surface area contributed by atoms with Gasteiger partial charge in [-0.25, -0.2) is 0 Å². The first-order valence-corrected chi connectivity index (χ1v) is 6.18. The Morgan fingerprint density at radius 2 is 2.00 bits per heavy atom. The quantitative estimate of drug-likeness (QED) is 0.799. The average molecular weight is 267 g/mol. The first-order valence-electron chi connectivity index (χ1n) is 5.36. The van der Waals surface area contributed by atoms with Crippen molar-refractivity contribution in [2.24, 2.45) is 5.73 Å². The first-order chi connectivity index (χ1) is 8.38. The monoisotopic (exact) mass is 267 g/mol. The van der Waals surface area contributed by atoms with Crippen LogP contribution in [0.25, 0.3) is 0 Å². The van der Waals surface area contributed by atoms with Crippen molar-refractivity contribution in [1.29, 1.82) is 5.26 Å². The van der Waals surface area contributed by atoms with E-state index in [2.05, 4.69) is 0 Å². The molecule has 98 valence electrons. The summed E-state index contributed by atoms with van der Waals surface area (Å²) >= 11 is 1.19. The number of carbonyl (C=O) groups excluding carboxylic acids is 1. The highest BCUT2D eigenvalue weighted by Gasteiger charge is 2.22. The molecular weight excluding hydrogens is 250 g/mol. The van der Waals surface area contributed by atoms with E-state index in [-0.39, 0.29) is 11.3 Å². The molecule has 0 saturated heterocycles. The maximum atomic E-state index is 11.4. The molecule has 0 aliphatic rings. The van der Waals surface area contributed by atoms with E-state index in [1.165, 1.54) is 11.3 Å². The van der Waals surface area contributed by atoms with E-state index in [1.54, 1.807) is 0 Å². The van der Waals surface area contributed by atoms with E-state index in [0.29, 0.717) is 9.88 Å². The van der Waals surface area contributed by atoms with Gasteiger partial charge >= 0.3 is 0 Å². The van der Waals surface area contributed by atoms with Gasteiger partial charge < -0.3 is 21.3 Å². The van der Waals surface area contributed by atoms with Gasteiger partial charge in [0.1, 0.15) is 15.9 Å². The van der Waals surface area contributed by atoms with Crippen LogP contribution in [0, 0.1) is 11.3 Å². The van der Waals surface area contributed by atoms with E-state index < -0.39 is 5.91 Å². The second-order valence-electron chi connectivity index (χ2n) is 4.23. The third kappa shape index (κ3) is 2.91. The molecule has 6 nitrogen and oxygen atoms in total. The molecule has 18 heavy (non-hydrogen) atoms. The lowest BCUT2D eigenvalue weighted by atomic mass is 10.2. The van der Waals surface area contributed by atoms with E-state index in [9.17, 15) is 4.79 Å². The lowest BCUT2D eigenvalue weighted by Crippen LogP contribution is -2.29. The Labute approximate surface area is 110 Å². The standard InChI is InChI=1S/C11H17N5OS/c1-15(2)4-5-16(3)11-8(10(14)17)9(13)7(6-12)18-11/h4-5,13H2,1-3H3,(H2,14,17). The molecule has 0 unspecified atom stereocenters. The van der Waals surface area contributed by atoms with E-state index in [4.69, 9.17) is 16.7 Å². The molecule has 4 N–H and O–H groups in total. The number of nitrogen functional groups attached to an aromatic ring is 1. The summed E-state index contributed by atoms with van der Waals surface area (Å²) in [6.45, 7) is 1.55. The van der Waals surface area contributed by atoms with Crippen molar-refractivity contribution in [2.45, 2.75) is 0 Å². The number of hydrogen-bond donors (Lipinski definition) is 2. The van der Waals surface area contributed by atoms with Crippen LogP contribution in [0.1, 0.15) is 15.2 Å². The summed E-state index contributed by atoms with van der Waals surface area (Å²) < 4.78 is 0. The highest BCUT2D eigenvalue weighted by molar-refractivity contribution is 7.17. The van der Waals surface area contributed by atoms with Gasteiger partial charge in [0.05, 0.1) is 11.3 Å². The minimum atomic E-state index is -0.600. The second-order valence-corrected chi connectivity index (χ2v) is 5.22. The zero-order valence-corrected chi connectivity index (χ0v) is 11.5. The molecule has 0 aliphatic carbocycles. The van der Waals surface area contributed by atoms with Crippen LogP contribution in [0.2, 0.25) is 0 Å². The maximum absolute atomic E-state index is 11.4.